The summed E-state index contributed by atoms with van der Waals surface area (Å²) in [6.45, 7) is 5.22. The van der Waals surface area contributed by atoms with Crippen molar-refractivity contribution < 1.29 is 4.74 Å². The van der Waals surface area contributed by atoms with Crippen molar-refractivity contribution >= 4 is 28.1 Å². The van der Waals surface area contributed by atoms with Gasteiger partial charge in [0, 0.05) is 48.6 Å². The lowest BCUT2D eigenvalue weighted by Gasteiger charge is -2.30. The number of anilines is 1. The quantitative estimate of drug-likeness (QED) is 0.472. The molecule has 2 aromatic heterocycles. The van der Waals surface area contributed by atoms with Gasteiger partial charge in [0.25, 0.3) is 0 Å². The fourth-order valence-corrected chi connectivity index (χ4v) is 5.73. The summed E-state index contributed by atoms with van der Waals surface area (Å²) >= 11 is 8.06. The minimum absolute atomic E-state index is 0.378. The second-order valence-corrected chi connectivity index (χ2v) is 10.7. The molecule has 3 heterocycles. The number of nitrogens with zero attached hydrogens (tertiary/aromatic N) is 3. The zero-order valence-corrected chi connectivity index (χ0v) is 21.0. The molecular formula is C25H34ClN5OS. The number of nitrogens with one attached hydrogen (secondary N) is 2. The van der Waals surface area contributed by atoms with Crippen LogP contribution in [-0.4, -0.2) is 42.3 Å². The second kappa shape index (κ2) is 11.6. The van der Waals surface area contributed by atoms with Crippen LogP contribution in [0.2, 0.25) is 5.02 Å². The smallest absolute Gasteiger partial charge is 0.183 e. The predicted molar refractivity (Wildman–Crippen MR) is 135 cm³/mol. The molecule has 0 radical (unpaired) electrons. The number of ether oxygens (including phenoxy) is 1. The van der Waals surface area contributed by atoms with Gasteiger partial charge in [-0.1, -0.05) is 18.5 Å². The first kappa shape index (κ1) is 24.4. The third-order valence-electron chi connectivity index (χ3n) is 6.98. The van der Waals surface area contributed by atoms with Crippen molar-refractivity contribution in [1.82, 2.24) is 15.3 Å². The van der Waals surface area contributed by atoms with Gasteiger partial charge >= 0.3 is 0 Å². The van der Waals surface area contributed by atoms with E-state index in [9.17, 15) is 5.26 Å². The van der Waals surface area contributed by atoms with Gasteiger partial charge < -0.3 is 15.4 Å². The Hall–Kier alpha value is -1.72. The monoisotopic (exact) mass is 487 g/mol. The minimum atomic E-state index is -0.378. The van der Waals surface area contributed by atoms with Gasteiger partial charge in [0.1, 0.15) is 0 Å². The van der Waals surface area contributed by atoms with Gasteiger partial charge in [-0.2, -0.15) is 5.26 Å². The highest BCUT2D eigenvalue weighted by Gasteiger charge is 2.32. The Balaban J connectivity index is 1.36. The maximum atomic E-state index is 9.67. The molecule has 0 amide bonds. The Morgan fingerprint density at radius 2 is 2.06 bits per heavy atom. The summed E-state index contributed by atoms with van der Waals surface area (Å²) in [5.41, 5.74) is 2.51. The molecule has 1 saturated heterocycles. The summed E-state index contributed by atoms with van der Waals surface area (Å²) in [5, 5.41) is 20.2. The molecule has 2 aromatic rings. The fourth-order valence-electron chi connectivity index (χ4n) is 4.82. The van der Waals surface area contributed by atoms with Gasteiger partial charge in [-0.25, -0.2) is 4.98 Å². The van der Waals surface area contributed by atoms with Gasteiger partial charge in [-0.15, -0.1) is 11.3 Å². The maximum Gasteiger partial charge on any atom is 0.183 e. The highest BCUT2D eigenvalue weighted by Crippen LogP contribution is 2.34. The molecule has 1 aliphatic carbocycles. The molecule has 0 atom stereocenters. The molecule has 1 aliphatic heterocycles. The largest absolute Gasteiger partial charge is 0.381 e. The minimum Gasteiger partial charge on any atom is -0.381 e. The van der Waals surface area contributed by atoms with Crippen LogP contribution in [0.1, 0.15) is 57.6 Å². The molecule has 0 spiro atoms. The molecule has 1 saturated carbocycles. The summed E-state index contributed by atoms with van der Waals surface area (Å²) in [5.74, 6) is 0.681. The van der Waals surface area contributed by atoms with Crippen LogP contribution < -0.4 is 10.6 Å². The normalized spacial score (nSPS) is 22.6. The summed E-state index contributed by atoms with van der Waals surface area (Å²) in [6, 6.07) is 5.28. The lowest BCUT2D eigenvalue weighted by Crippen LogP contribution is -2.34. The Labute approximate surface area is 206 Å². The lowest BCUT2D eigenvalue weighted by atomic mass is 9.82. The first-order chi connectivity index (χ1) is 16.1. The van der Waals surface area contributed by atoms with Crippen LogP contribution in [-0.2, 0) is 11.2 Å². The standard InChI is InChI=1S/C25H34ClN5OS/c1-2-9-28-19-5-3-18(4-6-19)12-20-13-21(22(26)14-29-20)23-15-33-24(31-23)30-17-25(16-27)7-10-32-11-8-25/h13-15,18-19,28H,2-12,17H2,1H3,(H,30,31). The summed E-state index contributed by atoms with van der Waals surface area (Å²) < 4.78 is 5.42. The van der Waals surface area contributed by atoms with E-state index >= 15 is 0 Å². The molecule has 6 nitrogen and oxygen atoms in total. The molecule has 0 aromatic carbocycles. The molecule has 4 rings (SSSR count). The van der Waals surface area contributed by atoms with E-state index < -0.39 is 0 Å². The number of hydrogen-bond donors (Lipinski definition) is 2. The van der Waals surface area contributed by atoms with Crippen LogP contribution in [0, 0.1) is 22.7 Å². The first-order valence-electron chi connectivity index (χ1n) is 12.2. The van der Waals surface area contributed by atoms with Crippen LogP contribution >= 0.6 is 22.9 Å². The Kier molecular flexibility index (Phi) is 8.59. The van der Waals surface area contributed by atoms with E-state index in [-0.39, 0.29) is 5.41 Å². The number of aromatic nitrogens is 2. The van der Waals surface area contributed by atoms with Crippen LogP contribution in [0.4, 0.5) is 5.13 Å². The van der Waals surface area contributed by atoms with Crippen molar-refractivity contribution in [2.24, 2.45) is 11.3 Å². The van der Waals surface area contributed by atoms with E-state index in [4.69, 9.17) is 21.3 Å². The second-order valence-electron chi connectivity index (χ2n) is 9.43. The van der Waals surface area contributed by atoms with Crippen LogP contribution in [0.3, 0.4) is 0 Å². The van der Waals surface area contributed by atoms with Gasteiger partial charge in [0.15, 0.2) is 5.13 Å². The Morgan fingerprint density at radius 1 is 1.27 bits per heavy atom. The molecule has 0 bridgehead atoms. The number of hydrogen-bond acceptors (Lipinski definition) is 7. The molecule has 2 aliphatic rings. The number of nitriles is 1. The number of halogens is 1. The van der Waals surface area contributed by atoms with E-state index in [2.05, 4.69) is 34.7 Å². The van der Waals surface area contributed by atoms with Crippen LogP contribution in [0.15, 0.2) is 17.6 Å². The van der Waals surface area contributed by atoms with E-state index in [1.54, 1.807) is 17.5 Å². The van der Waals surface area contributed by atoms with Crippen molar-refractivity contribution in [3.05, 3.63) is 28.4 Å². The van der Waals surface area contributed by atoms with Crippen molar-refractivity contribution in [2.45, 2.75) is 64.3 Å². The molecule has 33 heavy (non-hydrogen) atoms. The molecule has 0 unspecified atom stereocenters. The molecule has 2 N–H and O–H groups in total. The van der Waals surface area contributed by atoms with Crippen molar-refractivity contribution in [3.8, 4) is 17.3 Å². The fraction of sp³-hybridized carbons (Fsp3) is 0.640. The number of rotatable bonds is 9. The first-order valence-corrected chi connectivity index (χ1v) is 13.4. The SMILES string of the molecule is CCCNC1CCC(Cc2cc(-c3csc(NCC4(C#N)CCOCC4)n3)c(Cl)cn2)CC1. The third kappa shape index (κ3) is 6.45. The Morgan fingerprint density at radius 3 is 2.79 bits per heavy atom. The number of thiazole rings is 1. The summed E-state index contributed by atoms with van der Waals surface area (Å²) in [7, 11) is 0. The van der Waals surface area contributed by atoms with E-state index in [1.165, 1.54) is 32.1 Å². The predicted octanol–water partition coefficient (Wildman–Crippen LogP) is 5.69. The maximum absolute atomic E-state index is 9.67. The summed E-state index contributed by atoms with van der Waals surface area (Å²) in [4.78, 5) is 9.38. The zero-order valence-electron chi connectivity index (χ0n) is 19.4. The highest BCUT2D eigenvalue weighted by atomic mass is 35.5. The lowest BCUT2D eigenvalue weighted by molar-refractivity contribution is 0.0456. The molecule has 8 heteroatoms. The van der Waals surface area contributed by atoms with Gasteiger partial charge in [-0.3, -0.25) is 4.98 Å². The molecule has 2 fully saturated rings. The van der Waals surface area contributed by atoms with E-state index in [1.807, 2.05) is 5.38 Å². The summed E-state index contributed by atoms with van der Waals surface area (Å²) in [6.07, 6.45) is 10.5. The van der Waals surface area contributed by atoms with Gasteiger partial charge in [-0.05, 0) is 69.9 Å². The van der Waals surface area contributed by atoms with Crippen LogP contribution in [0.25, 0.3) is 11.3 Å². The van der Waals surface area contributed by atoms with E-state index in [0.29, 0.717) is 36.7 Å². The van der Waals surface area contributed by atoms with Crippen LogP contribution in [0.5, 0.6) is 0 Å². The zero-order chi connectivity index (χ0) is 23.1. The topological polar surface area (TPSA) is 82.9 Å². The van der Waals surface area contributed by atoms with Crippen molar-refractivity contribution in [3.63, 3.8) is 0 Å². The van der Waals surface area contributed by atoms with Crippen molar-refractivity contribution in [1.29, 1.82) is 5.26 Å². The van der Waals surface area contributed by atoms with Crippen molar-refractivity contribution in [2.75, 3.05) is 31.6 Å². The van der Waals surface area contributed by atoms with Gasteiger partial charge in [0.2, 0.25) is 0 Å². The average molecular weight is 488 g/mol. The molecular weight excluding hydrogens is 454 g/mol. The molecule has 178 valence electrons. The highest BCUT2D eigenvalue weighted by molar-refractivity contribution is 7.14. The third-order valence-corrected chi connectivity index (χ3v) is 8.09. The van der Waals surface area contributed by atoms with E-state index in [0.717, 1.165) is 47.9 Å². The average Bonchev–Trinajstić information content (AvgIpc) is 3.33. The van der Waals surface area contributed by atoms with Gasteiger partial charge in [0.05, 0.1) is 22.2 Å². The number of pyridine rings is 1. The Bertz CT molecular complexity index is 945.